The molecule has 36 heavy (non-hydrogen) atoms. The Morgan fingerprint density at radius 1 is 0.972 bits per heavy atom. The fourth-order valence-corrected chi connectivity index (χ4v) is 3.78. The lowest BCUT2D eigenvalue weighted by molar-refractivity contribution is -0.117. The molecule has 0 bridgehead atoms. The third-order valence-electron chi connectivity index (χ3n) is 5.62. The van der Waals surface area contributed by atoms with Crippen LogP contribution in [0.3, 0.4) is 0 Å². The highest BCUT2D eigenvalue weighted by atomic mass is 35.5. The molecule has 1 N–H and O–H groups in total. The number of aromatic nitrogens is 2. The molecule has 4 rings (SSSR count). The van der Waals surface area contributed by atoms with Crippen LogP contribution >= 0.6 is 11.6 Å². The highest BCUT2D eigenvalue weighted by Gasteiger charge is 2.20. The molecule has 10 heteroatoms. The molecule has 0 aliphatic rings. The van der Waals surface area contributed by atoms with Gasteiger partial charge >= 0.3 is 0 Å². The number of nitrogens with zero attached hydrogens (tertiary/aromatic N) is 3. The first-order chi connectivity index (χ1) is 17.3. The first kappa shape index (κ1) is 24.7. The van der Waals surface area contributed by atoms with Crippen LogP contribution in [0.1, 0.15) is 10.5 Å². The maximum atomic E-state index is 13.2. The van der Waals surface area contributed by atoms with Gasteiger partial charge in [-0.1, -0.05) is 29.8 Å². The molecule has 9 nitrogen and oxygen atoms in total. The van der Waals surface area contributed by atoms with Gasteiger partial charge in [-0.25, -0.2) is 0 Å². The van der Waals surface area contributed by atoms with Crippen molar-refractivity contribution in [2.45, 2.75) is 0 Å². The van der Waals surface area contributed by atoms with Gasteiger partial charge in [-0.15, -0.1) is 0 Å². The van der Waals surface area contributed by atoms with Gasteiger partial charge < -0.3 is 19.7 Å². The van der Waals surface area contributed by atoms with Crippen molar-refractivity contribution in [1.29, 1.82) is 0 Å². The minimum atomic E-state index is -0.599. The second-order valence-corrected chi connectivity index (χ2v) is 8.20. The predicted octanol–water partition coefficient (Wildman–Crippen LogP) is 3.45. The summed E-state index contributed by atoms with van der Waals surface area (Å²) < 4.78 is 11.7. The van der Waals surface area contributed by atoms with E-state index in [4.69, 9.17) is 21.1 Å². The summed E-state index contributed by atoms with van der Waals surface area (Å²) in [5.41, 5.74) is 0.607. The summed E-state index contributed by atoms with van der Waals surface area (Å²) in [5.74, 6) is -0.0588. The molecule has 0 spiro atoms. The summed E-state index contributed by atoms with van der Waals surface area (Å²) in [4.78, 5) is 40.5. The van der Waals surface area contributed by atoms with Gasteiger partial charge in [-0.2, -0.15) is 9.78 Å². The number of methoxy groups -OCH3 is 2. The van der Waals surface area contributed by atoms with Gasteiger partial charge in [0, 0.05) is 29.2 Å². The lowest BCUT2D eigenvalue weighted by Crippen LogP contribution is -2.39. The zero-order chi connectivity index (χ0) is 25.8. The van der Waals surface area contributed by atoms with Gasteiger partial charge in [0.2, 0.25) is 5.91 Å². The topological polar surface area (TPSA) is 103 Å². The molecule has 2 amide bonds. The second-order valence-electron chi connectivity index (χ2n) is 7.76. The van der Waals surface area contributed by atoms with Crippen LogP contribution in [-0.4, -0.2) is 49.4 Å². The van der Waals surface area contributed by atoms with Crippen LogP contribution in [-0.2, 0) is 4.79 Å². The number of ether oxygens (including phenoxy) is 2. The minimum absolute atomic E-state index is 0.00179. The van der Waals surface area contributed by atoms with E-state index in [1.54, 1.807) is 73.8 Å². The highest BCUT2D eigenvalue weighted by Crippen LogP contribution is 2.29. The number of carbonyl (C=O) groups is 2. The standard InChI is InChI=1S/C26H23ClN4O5/c1-30(17-10-8-16(27)9-11-17)23(32)15-28-25(33)24-19-6-4-5-7-20(19)26(34)31(29-24)18-12-13-21(35-2)22(14-18)36-3/h4-14H,15H2,1-3H3,(H,28,33). The zero-order valence-corrected chi connectivity index (χ0v) is 20.6. The van der Waals surface area contributed by atoms with E-state index in [0.29, 0.717) is 38.7 Å². The Labute approximate surface area is 211 Å². The Morgan fingerprint density at radius 2 is 1.64 bits per heavy atom. The number of hydrogen-bond acceptors (Lipinski definition) is 6. The predicted molar refractivity (Wildman–Crippen MR) is 138 cm³/mol. The van der Waals surface area contributed by atoms with E-state index >= 15 is 0 Å². The Hall–Kier alpha value is -4.37. The van der Waals surface area contributed by atoms with Crippen molar-refractivity contribution in [2.24, 2.45) is 0 Å². The molecule has 0 fully saturated rings. The monoisotopic (exact) mass is 506 g/mol. The molecule has 0 aliphatic carbocycles. The van der Waals surface area contributed by atoms with E-state index in [9.17, 15) is 14.4 Å². The largest absolute Gasteiger partial charge is 0.493 e. The number of halogens is 1. The molecule has 0 atom stereocenters. The van der Waals surface area contributed by atoms with E-state index in [1.807, 2.05) is 0 Å². The van der Waals surface area contributed by atoms with Crippen molar-refractivity contribution in [3.05, 3.63) is 87.8 Å². The minimum Gasteiger partial charge on any atom is -0.493 e. The Kier molecular flexibility index (Phi) is 7.21. The zero-order valence-electron chi connectivity index (χ0n) is 19.8. The lowest BCUT2D eigenvalue weighted by Gasteiger charge is -2.18. The number of hydrogen-bond donors (Lipinski definition) is 1. The Bertz CT molecular complexity index is 1500. The SMILES string of the molecule is COc1ccc(-n2nc(C(=O)NCC(=O)N(C)c3ccc(Cl)cc3)c3ccccc3c2=O)cc1OC. The van der Waals surface area contributed by atoms with Crippen LogP contribution in [0.2, 0.25) is 5.02 Å². The summed E-state index contributed by atoms with van der Waals surface area (Å²) >= 11 is 5.91. The molecule has 1 heterocycles. The number of likely N-dealkylation sites (N-methyl/N-ethyl adjacent to an activating group) is 1. The summed E-state index contributed by atoms with van der Waals surface area (Å²) in [6.07, 6.45) is 0. The molecule has 184 valence electrons. The second kappa shape index (κ2) is 10.5. The first-order valence-corrected chi connectivity index (χ1v) is 11.3. The Balaban J connectivity index is 1.66. The van der Waals surface area contributed by atoms with Gasteiger partial charge in [0.25, 0.3) is 11.5 Å². The molecule has 3 aromatic carbocycles. The van der Waals surface area contributed by atoms with Crippen LogP contribution in [0, 0.1) is 0 Å². The molecule has 0 radical (unpaired) electrons. The number of carbonyl (C=O) groups excluding carboxylic acids is 2. The average molecular weight is 507 g/mol. The van der Waals surface area contributed by atoms with Crippen molar-refractivity contribution in [3.8, 4) is 17.2 Å². The van der Waals surface area contributed by atoms with Crippen molar-refractivity contribution < 1.29 is 19.1 Å². The summed E-state index contributed by atoms with van der Waals surface area (Å²) in [7, 11) is 4.59. The quantitative estimate of drug-likeness (QED) is 0.412. The molecule has 0 saturated carbocycles. The number of amides is 2. The summed E-state index contributed by atoms with van der Waals surface area (Å²) in [6.45, 7) is -0.274. The van der Waals surface area contributed by atoms with Gasteiger partial charge in [0.05, 0.1) is 31.8 Å². The first-order valence-electron chi connectivity index (χ1n) is 10.9. The van der Waals surface area contributed by atoms with E-state index in [1.165, 1.54) is 19.1 Å². The van der Waals surface area contributed by atoms with Gasteiger partial charge in [-0.05, 0) is 42.5 Å². The van der Waals surface area contributed by atoms with E-state index in [-0.39, 0.29) is 18.1 Å². The van der Waals surface area contributed by atoms with Gasteiger partial charge in [0.1, 0.15) is 0 Å². The van der Waals surface area contributed by atoms with E-state index in [0.717, 1.165) is 4.68 Å². The van der Waals surface area contributed by atoms with Crippen molar-refractivity contribution in [1.82, 2.24) is 15.1 Å². The number of nitrogens with one attached hydrogen (secondary N) is 1. The third kappa shape index (κ3) is 4.87. The molecule has 4 aromatic rings. The highest BCUT2D eigenvalue weighted by molar-refractivity contribution is 6.30. The molecule has 0 aliphatic heterocycles. The normalized spacial score (nSPS) is 10.7. The van der Waals surface area contributed by atoms with Crippen molar-refractivity contribution in [2.75, 3.05) is 32.7 Å². The Morgan fingerprint density at radius 3 is 2.31 bits per heavy atom. The molecule has 1 aromatic heterocycles. The van der Waals surface area contributed by atoms with Crippen molar-refractivity contribution >= 4 is 39.9 Å². The average Bonchev–Trinajstić information content (AvgIpc) is 2.91. The van der Waals surface area contributed by atoms with Crippen LogP contribution < -0.4 is 25.2 Å². The fourth-order valence-electron chi connectivity index (χ4n) is 3.66. The molecular formula is C26H23ClN4O5. The van der Waals surface area contributed by atoms with Gasteiger partial charge in [-0.3, -0.25) is 14.4 Å². The smallest absolute Gasteiger partial charge is 0.279 e. The third-order valence-corrected chi connectivity index (χ3v) is 5.87. The van der Waals surface area contributed by atoms with Crippen molar-refractivity contribution in [3.63, 3.8) is 0 Å². The fraction of sp³-hybridized carbons (Fsp3) is 0.154. The van der Waals surface area contributed by atoms with Crippen LogP contribution in [0.15, 0.2) is 71.5 Å². The number of benzene rings is 3. The number of rotatable bonds is 7. The van der Waals surface area contributed by atoms with E-state index in [2.05, 4.69) is 10.4 Å². The lowest BCUT2D eigenvalue weighted by atomic mass is 10.1. The van der Waals surface area contributed by atoms with Crippen LogP contribution in [0.4, 0.5) is 5.69 Å². The molecule has 0 saturated heterocycles. The number of fused-ring (bicyclic) bond motifs is 1. The van der Waals surface area contributed by atoms with Gasteiger partial charge in [0.15, 0.2) is 17.2 Å². The van der Waals surface area contributed by atoms with E-state index < -0.39 is 11.5 Å². The van der Waals surface area contributed by atoms with Crippen LogP contribution in [0.5, 0.6) is 11.5 Å². The maximum Gasteiger partial charge on any atom is 0.279 e. The molecular weight excluding hydrogens is 484 g/mol. The van der Waals surface area contributed by atoms with Crippen LogP contribution in [0.25, 0.3) is 16.5 Å². The maximum absolute atomic E-state index is 13.2. The molecule has 0 unspecified atom stereocenters. The summed E-state index contributed by atoms with van der Waals surface area (Å²) in [6, 6.07) is 18.3. The number of anilines is 1. The summed E-state index contributed by atoms with van der Waals surface area (Å²) in [5, 5.41) is 8.19.